The Morgan fingerprint density at radius 2 is 1.56 bits per heavy atom. The molecule has 32 heavy (non-hydrogen) atoms. The van der Waals surface area contributed by atoms with Crippen molar-refractivity contribution in [3.63, 3.8) is 0 Å². The Bertz CT molecular complexity index is 1260. The second kappa shape index (κ2) is 7.57. The minimum atomic E-state index is 0.409. The van der Waals surface area contributed by atoms with Gasteiger partial charge < -0.3 is 4.90 Å². The molecule has 0 N–H and O–H groups in total. The molecule has 7 nitrogen and oxygen atoms in total. The van der Waals surface area contributed by atoms with Gasteiger partial charge in [-0.2, -0.15) is 5.10 Å². The van der Waals surface area contributed by atoms with Crippen LogP contribution in [0.3, 0.4) is 0 Å². The molecule has 4 aromatic rings. The molecule has 2 aliphatic rings. The van der Waals surface area contributed by atoms with E-state index < -0.39 is 0 Å². The van der Waals surface area contributed by atoms with Crippen LogP contribution in [-0.4, -0.2) is 42.3 Å². The van der Waals surface area contributed by atoms with E-state index in [4.69, 9.17) is 15.2 Å². The molecule has 1 aliphatic heterocycles. The van der Waals surface area contributed by atoms with Crippen LogP contribution >= 0.6 is 0 Å². The van der Waals surface area contributed by atoms with Gasteiger partial charge in [0.1, 0.15) is 5.82 Å². The van der Waals surface area contributed by atoms with Crippen molar-refractivity contribution in [3.8, 4) is 0 Å². The second-order valence-electron chi connectivity index (χ2n) is 9.97. The van der Waals surface area contributed by atoms with Crippen molar-refractivity contribution < 1.29 is 0 Å². The lowest BCUT2D eigenvalue weighted by Gasteiger charge is -2.15. The zero-order valence-corrected chi connectivity index (χ0v) is 19.1. The van der Waals surface area contributed by atoms with Gasteiger partial charge in [-0.05, 0) is 61.8 Å². The van der Waals surface area contributed by atoms with Crippen LogP contribution in [0.2, 0.25) is 0 Å². The van der Waals surface area contributed by atoms with Gasteiger partial charge in [-0.15, -0.1) is 5.10 Å². The number of anilines is 1. The van der Waals surface area contributed by atoms with Gasteiger partial charge >= 0.3 is 0 Å². The van der Waals surface area contributed by atoms with Gasteiger partial charge in [-0.1, -0.05) is 20.8 Å². The fourth-order valence-electron chi connectivity index (χ4n) is 5.08. The van der Waals surface area contributed by atoms with Crippen molar-refractivity contribution in [2.75, 3.05) is 18.0 Å². The van der Waals surface area contributed by atoms with Gasteiger partial charge in [0.15, 0.2) is 11.3 Å². The van der Waals surface area contributed by atoms with Crippen LogP contribution in [0.5, 0.6) is 0 Å². The summed E-state index contributed by atoms with van der Waals surface area (Å²) in [5.74, 6) is 3.10. The van der Waals surface area contributed by atoms with E-state index in [1.165, 1.54) is 25.0 Å². The van der Waals surface area contributed by atoms with Gasteiger partial charge in [0.25, 0.3) is 0 Å². The van der Waals surface area contributed by atoms with Gasteiger partial charge in [0.2, 0.25) is 0 Å². The standard InChI is InChI=1S/C25H31N7/c1-16(2)21-14-31-23(26-21)7-6-20(28-31)19-13-18(19)12-17(3)22-15-32-24(27-22)8-9-25(29-32)30-10-4-5-11-30/h6-9,14-19H,4-5,10-13H2,1-3H3. The van der Waals surface area contributed by atoms with Gasteiger partial charge in [-0.25, -0.2) is 19.0 Å². The number of rotatable bonds is 6. The molecule has 2 fully saturated rings. The first-order valence-electron chi connectivity index (χ1n) is 12.0. The van der Waals surface area contributed by atoms with Crippen molar-refractivity contribution in [3.05, 3.63) is 53.7 Å². The van der Waals surface area contributed by atoms with Crippen molar-refractivity contribution in [2.24, 2.45) is 5.92 Å². The maximum Gasteiger partial charge on any atom is 0.153 e. The number of imidazole rings is 2. The highest BCUT2D eigenvalue weighted by atomic mass is 15.3. The number of hydrogen-bond acceptors (Lipinski definition) is 5. The summed E-state index contributed by atoms with van der Waals surface area (Å²) < 4.78 is 3.92. The molecule has 6 rings (SSSR count). The Morgan fingerprint density at radius 1 is 0.875 bits per heavy atom. The maximum atomic E-state index is 4.87. The summed E-state index contributed by atoms with van der Waals surface area (Å²) in [5, 5.41) is 9.69. The van der Waals surface area contributed by atoms with Crippen LogP contribution < -0.4 is 4.90 Å². The van der Waals surface area contributed by atoms with Crippen molar-refractivity contribution >= 4 is 17.1 Å². The Labute approximate surface area is 188 Å². The molecule has 1 aliphatic carbocycles. The van der Waals surface area contributed by atoms with Crippen LogP contribution in [0.25, 0.3) is 11.3 Å². The highest BCUT2D eigenvalue weighted by molar-refractivity contribution is 5.47. The highest BCUT2D eigenvalue weighted by Crippen LogP contribution is 2.51. The normalized spacial score (nSPS) is 21.8. The first-order chi connectivity index (χ1) is 15.5. The zero-order chi connectivity index (χ0) is 21.8. The molecule has 0 spiro atoms. The number of fused-ring (bicyclic) bond motifs is 2. The van der Waals surface area contributed by atoms with Crippen molar-refractivity contribution in [2.45, 2.75) is 64.2 Å². The highest BCUT2D eigenvalue weighted by Gasteiger charge is 2.40. The predicted molar refractivity (Wildman–Crippen MR) is 125 cm³/mol. The molecule has 0 radical (unpaired) electrons. The molecule has 4 aromatic heterocycles. The first kappa shape index (κ1) is 19.7. The molecule has 3 unspecified atom stereocenters. The third-order valence-electron chi connectivity index (χ3n) is 7.17. The Balaban J connectivity index is 1.15. The topological polar surface area (TPSA) is 63.6 Å². The van der Waals surface area contributed by atoms with Crippen LogP contribution in [0.4, 0.5) is 5.82 Å². The maximum absolute atomic E-state index is 4.87. The third-order valence-corrected chi connectivity index (χ3v) is 7.17. The molecule has 5 heterocycles. The molecule has 7 heteroatoms. The predicted octanol–water partition coefficient (Wildman–Crippen LogP) is 4.79. The number of aromatic nitrogens is 6. The van der Waals surface area contributed by atoms with E-state index in [0.717, 1.165) is 48.0 Å². The average Bonchev–Trinajstić information content (AvgIpc) is 3.22. The van der Waals surface area contributed by atoms with E-state index in [2.05, 4.69) is 67.3 Å². The summed E-state index contributed by atoms with van der Waals surface area (Å²) in [5.41, 5.74) is 5.31. The van der Waals surface area contributed by atoms with Gasteiger partial charge in [0, 0.05) is 24.9 Å². The molecule has 1 saturated carbocycles. The van der Waals surface area contributed by atoms with Crippen molar-refractivity contribution in [1.29, 1.82) is 0 Å². The summed E-state index contributed by atoms with van der Waals surface area (Å²) in [4.78, 5) is 11.9. The number of hydrogen-bond donors (Lipinski definition) is 0. The Morgan fingerprint density at radius 3 is 2.34 bits per heavy atom. The molecule has 0 aromatic carbocycles. The lowest BCUT2D eigenvalue weighted by Crippen LogP contribution is -2.19. The summed E-state index contributed by atoms with van der Waals surface area (Å²) in [6.45, 7) is 8.85. The summed E-state index contributed by atoms with van der Waals surface area (Å²) in [6.07, 6.45) is 9.06. The van der Waals surface area contributed by atoms with E-state index in [0.29, 0.717) is 23.7 Å². The summed E-state index contributed by atoms with van der Waals surface area (Å²) in [6, 6.07) is 8.49. The van der Waals surface area contributed by atoms with Crippen LogP contribution in [-0.2, 0) is 0 Å². The average molecular weight is 430 g/mol. The molecule has 0 amide bonds. The Hall–Kier alpha value is -2.96. The lowest BCUT2D eigenvalue weighted by atomic mass is 10.00. The molecule has 1 saturated heterocycles. The van der Waals surface area contributed by atoms with E-state index >= 15 is 0 Å². The van der Waals surface area contributed by atoms with E-state index in [9.17, 15) is 0 Å². The minimum Gasteiger partial charge on any atom is -0.355 e. The van der Waals surface area contributed by atoms with Crippen LogP contribution in [0.1, 0.15) is 81.3 Å². The SMILES string of the molecule is CC(C)c1cn2nc(C3CC3CC(C)c3cn4nc(N5CCCC5)ccc4n3)ccc2n1. The smallest absolute Gasteiger partial charge is 0.153 e. The minimum absolute atomic E-state index is 0.409. The largest absolute Gasteiger partial charge is 0.355 e. The molecular formula is C25H31N7. The number of nitrogens with zero attached hydrogens (tertiary/aromatic N) is 7. The van der Waals surface area contributed by atoms with E-state index in [1.54, 1.807) is 0 Å². The quantitative estimate of drug-likeness (QED) is 0.441. The monoisotopic (exact) mass is 429 g/mol. The van der Waals surface area contributed by atoms with Crippen LogP contribution in [0, 0.1) is 5.92 Å². The lowest BCUT2D eigenvalue weighted by molar-refractivity contribution is 0.591. The van der Waals surface area contributed by atoms with E-state index in [1.807, 2.05) is 9.03 Å². The molecule has 0 bridgehead atoms. The fourth-order valence-corrected chi connectivity index (χ4v) is 5.08. The first-order valence-corrected chi connectivity index (χ1v) is 12.0. The van der Waals surface area contributed by atoms with Crippen molar-refractivity contribution in [1.82, 2.24) is 29.2 Å². The summed E-state index contributed by atoms with van der Waals surface area (Å²) in [7, 11) is 0. The van der Waals surface area contributed by atoms with E-state index in [-0.39, 0.29) is 0 Å². The molecular weight excluding hydrogens is 398 g/mol. The Kier molecular flexibility index (Phi) is 4.66. The summed E-state index contributed by atoms with van der Waals surface area (Å²) >= 11 is 0. The molecule has 3 atom stereocenters. The zero-order valence-electron chi connectivity index (χ0n) is 19.1. The van der Waals surface area contributed by atoms with Gasteiger partial charge in [-0.3, -0.25) is 0 Å². The van der Waals surface area contributed by atoms with Gasteiger partial charge in [0.05, 0.1) is 29.5 Å². The van der Waals surface area contributed by atoms with Crippen LogP contribution in [0.15, 0.2) is 36.7 Å². The third kappa shape index (κ3) is 3.53. The fraction of sp³-hybridized carbons (Fsp3) is 0.520. The second-order valence-corrected chi connectivity index (χ2v) is 9.97. The molecule has 166 valence electrons.